The lowest BCUT2D eigenvalue weighted by molar-refractivity contribution is 0.931. The molecule has 0 N–H and O–H groups in total. The lowest BCUT2D eigenvalue weighted by Crippen LogP contribution is -2.14. The standard InChI is InChI=1S/C9H10N2S2/c1-11(9-10-4-6-13-9)7-8-3-2-5-12-8/h2-6H,7H2,1H3. The van der Waals surface area contributed by atoms with Crippen molar-refractivity contribution in [1.29, 1.82) is 0 Å². The third-order valence-corrected chi connectivity index (χ3v) is 3.47. The fourth-order valence-corrected chi connectivity index (χ4v) is 2.48. The second-order valence-corrected chi connectivity index (χ2v) is 4.66. The second-order valence-electron chi connectivity index (χ2n) is 2.75. The van der Waals surface area contributed by atoms with Crippen LogP contribution in [0.15, 0.2) is 29.1 Å². The van der Waals surface area contributed by atoms with Gasteiger partial charge in [-0.3, -0.25) is 0 Å². The molecule has 0 aliphatic heterocycles. The maximum absolute atomic E-state index is 4.25. The highest BCUT2D eigenvalue weighted by Crippen LogP contribution is 2.19. The fraction of sp³-hybridized carbons (Fsp3) is 0.222. The molecule has 2 aromatic heterocycles. The van der Waals surface area contributed by atoms with Crippen LogP contribution in [-0.4, -0.2) is 12.0 Å². The Morgan fingerprint density at radius 1 is 1.38 bits per heavy atom. The zero-order valence-electron chi connectivity index (χ0n) is 7.30. The maximum Gasteiger partial charge on any atom is 0.185 e. The van der Waals surface area contributed by atoms with Crippen LogP contribution in [0.4, 0.5) is 5.13 Å². The molecule has 0 atom stereocenters. The smallest absolute Gasteiger partial charge is 0.185 e. The zero-order chi connectivity index (χ0) is 9.10. The van der Waals surface area contributed by atoms with E-state index in [4.69, 9.17) is 0 Å². The lowest BCUT2D eigenvalue weighted by atomic mass is 10.4. The molecule has 0 aliphatic rings. The first-order valence-electron chi connectivity index (χ1n) is 3.99. The Hall–Kier alpha value is -0.870. The Kier molecular flexibility index (Phi) is 2.61. The van der Waals surface area contributed by atoms with Gasteiger partial charge in [-0.1, -0.05) is 6.07 Å². The summed E-state index contributed by atoms with van der Waals surface area (Å²) in [4.78, 5) is 7.78. The molecule has 0 radical (unpaired) electrons. The van der Waals surface area contributed by atoms with Gasteiger partial charge in [0.05, 0.1) is 6.54 Å². The summed E-state index contributed by atoms with van der Waals surface area (Å²) in [5.74, 6) is 0. The van der Waals surface area contributed by atoms with Crippen molar-refractivity contribution >= 4 is 27.8 Å². The summed E-state index contributed by atoms with van der Waals surface area (Å²) in [6, 6.07) is 4.23. The van der Waals surface area contributed by atoms with E-state index in [1.807, 2.05) is 11.6 Å². The third kappa shape index (κ3) is 2.08. The summed E-state index contributed by atoms with van der Waals surface area (Å²) in [6.45, 7) is 0.950. The number of thiophene rings is 1. The minimum Gasteiger partial charge on any atom is -0.346 e. The van der Waals surface area contributed by atoms with E-state index < -0.39 is 0 Å². The van der Waals surface area contributed by atoms with Gasteiger partial charge in [0.25, 0.3) is 0 Å². The fourth-order valence-electron chi connectivity index (χ4n) is 1.11. The molecule has 68 valence electrons. The summed E-state index contributed by atoms with van der Waals surface area (Å²) < 4.78 is 0. The minimum atomic E-state index is 0.950. The molecule has 0 aliphatic carbocycles. The molecule has 2 nitrogen and oxygen atoms in total. The van der Waals surface area contributed by atoms with E-state index in [2.05, 4.69) is 34.4 Å². The summed E-state index contributed by atoms with van der Waals surface area (Å²) in [7, 11) is 2.07. The van der Waals surface area contributed by atoms with Crippen molar-refractivity contribution in [2.24, 2.45) is 0 Å². The number of hydrogen-bond donors (Lipinski definition) is 0. The van der Waals surface area contributed by atoms with Crippen LogP contribution in [0.25, 0.3) is 0 Å². The molecule has 0 unspecified atom stereocenters. The molecule has 0 saturated carbocycles. The number of anilines is 1. The van der Waals surface area contributed by atoms with Crippen LogP contribution in [0, 0.1) is 0 Å². The van der Waals surface area contributed by atoms with Crippen LogP contribution in [0.3, 0.4) is 0 Å². The second kappa shape index (κ2) is 3.89. The summed E-state index contributed by atoms with van der Waals surface area (Å²) in [5.41, 5.74) is 0. The number of aromatic nitrogens is 1. The van der Waals surface area contributed by atoms with Crippen molar-refractivity contribution in [3.8, 4) is 0 Å². The molecule has 0 bridgehead atoms. The number of nitrogens with zero attached hydrogens (tertiary/aromatic N) is 2. The first kappa shape index (κ1) is 8.72. The molecule has 2 aromatic rings. The molecule has 0 fully saturated rings. The van der Waals surface area contributed by atoms with Gasteiger partial charge in [0, 0.05) is 23.5 Å². The van der Waals surface area contributed by atoms with E-state index in [1.165, 1.54) is 4.88 Å². The van der Waals surface area contributed by atoms with Crippen LogP contribution in [0.5, 0.6) is 0 Å². The first-order valence-corrected chi connectivity index (χ1v) is 5.75. The molecule has 0 amide bonds. The molecule has 2 rings (SSSR count). The normalized spacial score (nSPS) is 10.2. The van der Waals surface area contributed by atoms with Gasteiger partial charge in [-0.15, -0.1) is 22.7 Å². The van der Waals surface area contributed by atoms with Gasteiger partial charge in [0.15, 0.2) is 5.13 Å². The topological polar surface area (TPSA) is 16.1 Å². The van der Waals surface area contributed by atoms with Crippen molar-refractivity contribution in [3.05, 3.63) is 34.0 Å². The van der Waals surface area contributed by atoms with E-state index in [1.54, 1.807) is 22.7 Å². The monoisotopic (exact) mass is 210 g/mol. The van der Waals surface area contributed by atoms with Crippen LogP contribution in [-0.2, 0) is 6.54 Å². The van der Waals surface area contributed by atoms with Crippen molar-refractivity contribution in [3.63, 3.8) is 0 Å². The molecule has 2 heterocycles. The molecule has 0 aromatic carbocycles. The van der Waals surface area contributed by atoms with Crippen LogP contribution in [0.1, 0.15) is 4.88 Å². The predicted octanol–water partition coefficient (Wildman–Crippen LogP) is 2.84. The molecule has 4 heteroatoms. The highest BCUT2D eigenvalue weighted by atomic mass is 32.1. The zero-order valence-corrected chi connectivity index (χ0v) is 8.94. The molecule has 0 spiro atoms. The van der Waals surface area contributed by atoms with E-state index in [9.17, 15) is 0 Å². The Bertz CT molecular complexity index is 340. The highest BCUT2D eigenvalue weighted by molar-refractivity contribution is 7.13. The number of hydrogen-bond acceptors (Lipinski definition) is 4. The minimum absolute atomic E-state index is 0.950. The lowest BCUT2D eigenvalue weighted by Gasteiger charge is -2.13. The van der Waals surface area contributed by atoms with Gasteiger partial charge >= 0.3 is 0 Å². The number of thiazole rings is 1. The first-order chi connectivity index (χ1) is 6.36. The van der Waals surface area contributed by atoms with Crippen LogP contribution in [0.2, 0.25) is 0 Å². The quantitative estimate of drug-likeness (QED) is 0.774. The summed E-state index contributed by atoms with van der Waals surface area (Å²) in [5, 5.41) is 5.18. The van der Waals surface area contributed by atoms with Crippen molar-refractivity contribution in [2.45, 2.75) is 6.54 Å². The summed E-state index contributed by atoms with van der Waals surface area (Å²) >= 11 is 3.46. The summed E-state index contributed by atoms with van der Waals surface area (Å²) in [6.07, 6.45) is 1.84. The SMILES string of the molecule is CN(Cc1cccs1)c1nccs1. The number of rotatable bonds is 3. The van der Waals surface area contributed by atoms with Gasteiger partial charge in [-0.05, 0) is 11.4 Å². The molecular weight excluding hydrogens is 200 g/mol. The van der Waals surface area contributed by atoms with E-state index in [0.29, 0.717) is 0 Å². The van der Waals surface area contributed by atoms with Crippen molar-refractivity contribution in [1.82, 2.24) is 4.98 Å². The van der Waals surface area contributed by atoms with Crippen LogP contribution < -0.4 is 4.90 Å². The Labute approximate surface area is 85.5 Å². The average Bonchev–Trinajstić information content (AvgIpc) is 2.74. The van der Waals surface area contributed by atoms with E-state index in [-0.39, 0.29) is 0 Å². The average molecular weight is 210 g/mol. The molecule has 13 heavy (non-hydrogen) atoms. The Morgan fingerprint density at radius 3 is 2.92 bits per heavy atom. The highest BCUT2D eigenvalue weighted by Gasteiger charge is 2.03. The van der Waals surface area contributed by atoms with Gasteiger partial charge < -0.3 is 4.90 Å². The van der Waals surface area contributed by atoms with Gasteiger partial charge in [-0.25, -0.2) is 4.98 Å². The van der Waals surface area contributed by atoms with E-state index >= 15 is 0 Å². The van der Waals surface area contributed by atoms with Gasteiger partial charge in [0.1, 0.15) is 0 Å². The van der Waals surface area contributed by atoms with Gasteiger partial charge in [0.2, 0.25) is 0 Å². The maximum atomic E-state index is 4.25. The van der Waals surface area contributed by atoms with Gasteiger partial charge in [-0.2, -0.15) is 0 Å². The third-order valence-electron chi connectivity index (χ3n) is 1.72. The Morgan fingerprint density at radius 2 is 2.31 bits per heavy atom. The predicted molar refractivity (Wildman–Crippen MR) is 58.5 cm³/mol. The largest absolute Gasteiger partial charge is 0.346 e. The molecular formula is C9H10N2S2. The Balaban J connectivity index is 2.04. The van der Waals surface area contributed by atoms with Crippen LogP contribution >= 0.6 is 22.7 Å². The van der Waals surface area contributed by atoms with Crippen molar-refractivity contribution < 1.29 is 0 Å². The van der Waals surface area contributed by atoms with E-state index in [0.717, 1.165) is 11.7 Å². The van der Waals surface area contributed by atoms with Crippen molar-refractivity contribution in [2.75, 3.05) is 11.9 Å². The molecule has 0 saturated heterocycles.